The zero-order valence-corrected chi connectivity index (χ0v) is 18.6. The molecule has 28 heavy (non-hydrogen) atoms. The van der Waals surface area contributed by atoms with Gasteiger partial charge in [-0.3, -0.25) is 10.1 Å². The van der Waals surface area contributed by atoms with Gasteiger partial charge in [0.05, 0.1) is 0 Å². The third-order valence-electron chi connectivity index (χ3n) is 3.57. The number of carbonyl (C=O) groups is 2. The predicted molar refractivity (Wildman–Crippen MR) is 115 cm³/mol. The highest BCUT2D eigenvalue weighted by Gasteiger charge is 2.18. The number of hydrogen-bond acceptors (Lipinski definition) is 4. The number of nitrogens with one attached hydrogen (secondary N) is 1. The number of amides is 2. The minimum atomic E-state index is -0.613. The molecule has 1 aromatic carbocycles. The number of aliphatic imine (C=N–C) groups is 1. The highest BCUT2D eigenvalue weighted by atomic mass is 35.5. The molecule has 0 aromatic heterocycles. The Kier molecular flexibility index (Phi) is 8.51. The first-order chi connectivity index (χ1) is 12.8. The van der Waals surface area contributed by atoms with E-state index in [0.29, 0.717) is 33.4 Å². The topological polar surface area (TPSA) is 71.0 Å². The maximum Gasteiger partial charge on any atom is 0.412 e. The fraction of sp³-hybridized carbons (Fsp3) is 0.450. The second-order valence-electron chi connectivity index (χ2n) is 7.66. The van der Waals surface area contributed by atoms with Crippen molar-refractivity contribution in [2.24, 2.45) is 10.9 Å². The molecule has 0 unspecified atom stereocenters. The Hall–Kier alpha value is -2.05. The van der Waals surface area contributed by atoms with E-state index in [9.17, 15) is 9.59 Å². The Morgan fingerprint density at radius 3 is 2.25 bits per heavy atom. The normalized spacial score (nSPS) is 12.0. The van der Waals surface area contributed by atoms with Crippen LogP contribution in [0.3, 0.4) is 0 Å². The largest absolute Gasteiger partial charge is 0.444 e. The minimum Gasteiger partial charge on any atom is -0.444 e. The molecule has 6 nitrogen and oxygen atoms in total. The van der Waals surface area contributed by atoms with Crippen molar-refractivity contribution in [1.82, 2.24) is 4.90 Å². The monoisotopic (exact) mass is 427 g/mol. The van der Waals surface area contributed by atoms with Gasteiger partial charge in [0.1, 0.15) is 5.60 Å². The quantitative estimate of drug-likeness (QED) is 0.477. The standard InChI is InChI=1S/C20H27Cl2N3O3/c1-12(2)14(18(26)23-6)10-25(7)11-15-16(21)8-13(9-17(15)22)24-19(27)28-20(3,4)5/h8-10,12H,6,11H2,1-5,7H3,(H,24,27)/b14-10-. The van der Waals surface area contributed by atoms with Crippen LogP contribution in [0.5, 0.6) is 0 Å². The van der Waals surface area contributed by atoms with Crippen LogP contribution in [0.4, 0.5) is 10.5 Å². The number of halogens is 2. The van der Waals surface area contributed by atoms with Gasteiger partial charge < -0.3 is 9.64 Å². The summed E-state index contributed by atoms with van der Waals surface area (Å²) in [6.45, 7) is 12.8. The molecule has 1 aromatic rings. The molecule has 0 spiro atoms. The molecule has 0 aliphatic rings. The molecule has 154 valence electrons. The summed E-state index contributed by atoms with van der Waals surface area (Å²) in [4.78, 5) is 29.1. The molecule has 1 rings (SSSR count). The Morgan fingerprint density at radius 2 is 1.82 bits per heavy atom. The Bertz CT molecular complexity index is 760. The molecule has 2 amide bonds. The smallest absolute Gasteiger partial charge is 0.412 e. The van der Waals surface area contributed by atoms with Crippen LogP contribution in [0.25, 0.3) is 0 Å². The van der Waals surface area contributed by atoms with Crippen molar-refractivity contribution in [2.45, 2.75) is 46.8 Å². The van der Waals surface area contributed by atoms with Gasteiger partial charge in [-0.25, -0.2) is 9.79 Å². The van der Waals surface area contributed by atoms with Crippen LogP contribution in [0.1, 0.15) is 40.2 Å². The molecular weight excluding hydrogens is 401 g/mol. The lowest BCUT2D eigenvalue weighted by Crippen LogP contribution is -2.27. The zero-order valence-electron chi connectivity index (χ0n) is 17.1. The molecule has 8 heteroatoms. The van der Waals surface area contributed by atoms with Crippen LogP contribution in [-0.2, 0) is 16.1 Å². The fourth-order valence-corrected chi connectivity index (χ4v) is 2.93. The van der Waals surface area contributed by atoms with Crippen LogP contribution in [0.15, 0.2) is 28.9 Å². The van der Waals surface area contributed by atoms with Crippen molar-refractivity contribution in [3.63, 3.8) is 0 Å². The first kappa shape index (κ1) is 24.0. The molecule has 1 N–H and O–H groups in total. The SMILES string of the molecule is C=NC(=O)/C(=C\N(C)Cc1c(Cl)cc(NC(=O)OC(C)(C)C)cc1Cl)C(C)C. The van der Waals surface area contributed by atoms with Gasteiger partial charge in [-0.2, -0.15) is 0 Å². The molecule has 0 atom stereocenters. The molecule has 0 bridgehead atoms. The number of hydrogen-bond donors (Lipinski definition) is 1. The predicted octanol–water partition coefficient (Wildman–Crippen LogP) is 5.54. The van der Waals surface area contributed by atoms with Gasteiger partial charge in [0, 0.05) is 46.7 Å². The number of rotatable bonds is 6. The second-order valence-corrected chi connectivity index (χ2v) is 8.48. The summed E-state index contributed by atoms with van der Waals surface area (Å²) in [6.07, 6.45) is 1.12. The zero-order chi connectivity index (χ0) is 21.6. The number of nitrogens with zero attached hydrogens (tertiary/aromatic N) is 2. The van der Waals surface area contributed by atoms with Gasteiger partial charge in [0.2, 0.25) is 0 Å². The van der Waals surface area contributed by atoms with E-state index in [0.717, 1.165) is 0 Å². The molecule has 0 fully saturated rings. The molecule has 0 radical (unpaired) electrons. The van der Waals surface area contributed by atoms with Gasteiger partial charge in [-0.15, -0.1) is 0 Å². The van der Waals surface area contributed by atoms with Crippen molar-refractivity contribution in [3.05, 3.63) is 39.5 Å². The van der Waals surface area contributed by atoms with Gasteiger partial charge in [-0.05, 0) is 45.5 Å². The van der Waals surface area contributed by atoms with E-state index in [1.54, 1.807) is 51.1 Å². The molecule has 0 heterocycles. The van der Waals surface area contributed by atoms with Crippen molar-refractivity contribution in [3.8, 4) is 0 Å². The first-order valence-corrected chi connectivity index (χ1v) is 9.50. The van der Waals surface area contributed by atoms with E-state index in [1.165, 1.54) is 0 Å². The number of benzene rings is 1. The maximum absolute atomic E-state index is 11.9. The number of carbonyl (C=O) groups excluding carboxylic acids is 2. The summed E-state index contributed by atoms with van der Waals surface area (Å²) in [5.41, 5.74) is 1.02. The Labute approximate surface area is 176 Å². The van der Waals surface area contributed by atoms with Crippen LogP contribution >= 0.6 is 23.2 Å². The Morgan fingerprint density at radius 1 is 1.29 bits per heavy atom. The van der Waals surface area contributed by atoms with E-state index in [2.05, 4.69) is 17.0 Å². The van der Waals surface area contributed by atoms with Crippen LogP contribution in [0, 0.1) is 5.92 Å². The van der Waals surface area contributed by atoms with Crippen LogP contribution in [-0.4, -0.2) is 36.3 Å². The lowest BCUT2D eigenvalue weighted by atomic mass is 10.0. The van der Waals surface area contributed by atoms with Crippen molar-refractivity contribution >= 4 is 47.6 Å². The second kappa shape index (κ2) is 9.94. The van der Waals surface area contributed by atoms with Gasteiger partial charge >= 0.3 is 6.09 Å². The lowest BCUT2D eigenvalue weighted by Gasteiger charge is -2.21. The highest BCUT2D eigenvalue weighted by Crippen LogP contribution is 2.30. The van der Waals surface area contributed by atoms with E-state index in [-0.39, 0.29) is 11.8 Å². The van der Waals surface area contributed by atoms with E-state index in [1.807, 2.05) is 13.8 Å². The number of ether oxygens (including phenoxy) is 1. The maximum atomic E-state index is 11.9. The highest BCUT2D eigenvalue weighted by molar-refractivity contribution is 6.36. The summed E-state index contributed by atoms with van der Waals surface area (Å²) in [5, 5.41) is 3.38. The average molecular weight is 428 g/mol. The van der Waals surface area contributed by atoms with Crippen molar-refractivity contribution < 1.29 is 14.3 Å². The summed E-state index contributed by atoms with van der Waals surface area (Å²) in [7, 11) is 1.80. The van der Waals surface area contributed by atoms with Gasteiger partial charge in [0.15, 0.2) is 0 Å². The van der Waals surface area contributed by atoms with Crippen LogP contribution < -0.4 is 5.32 Å². The van der Waals surface area contributed by atoms with Crippen molar-refractivity contribution in [2.75, 3.05) is 12.4 Å². The number of anilines is 1. The summed E-state index contributed by atoms with van der Waals surface area (Å²) >= 11 is 12.7. The molecule has 0 aliphatic heterocycles. The molecule has 0 aliphatic carbocycles. The minimum absolute atomic E-state index is 0.00759. The van der Waals surface area contributed by atoms with Gasteiger partial charge in [-0.1, -0.05) is 37.0 Å². The molecular formula is C20H27Cl2N3O3. The average Bonchev–Trinajstić information content (AvgIpc) is 2.53. The van der Waals surface area contributed by atoms with E-state index >= 15 is 0 Å². The summed E-state index contributed by atoms with van der Waals surface area (Å²) < 4.78 is 5.22. The molecule has 0 saturated heterocycles. The summed E-state index contributed by atoms with van der Waals surface area (Å²) in [5.74, 6) is -0.372. The molecule has 0 saturated carbocycles. The first-order valence-electron chi connectivity index (χ1n) is 8.75. The van der Waals surface area contributed by atoms with Crippen LogP contribution in [0.2, 0.25) is 10.0 Å². The van der Waals surface area contributed by atoms with E-state index in [4.69, 9.17) is 27.9 Å². The van der Waals surface area contributed by atoms with Crippen molar-refractivity contribution in [1.29, 1.82) is 0 Å². The Balaban J connectivity index is 3.00. The van der Waals surface area contributed by atoms with Gasteiger partial charge in [0.25, 0.3) is 5.91 Å². The fourth-order valence-electron chi connectivity index (χ4n) is 2.32. The third kappa shape index (κ3) is 7.52. The third-order valence-corrected chi connectivity index (χ3v) is 4.24. The summed E-state index contributed by atoms with van der Waals surface area (Å²) in [6, 6.07) is 3.20. The lowest BCUT2D eigenvalue weighted by molar-refractivity contribution is -0.114. The van der Waals surface area contributed by atoms with E-state index < -0.39 is 11.7 Å².